The predicted molar refractivity (Wildman–Crippen MR) is 128 cm³/mol. The van der Waals surface area contributed by atoms with E-state index in [2.05, 4.69) is 15.9 Å². The van der Waals surface area contributed by atoms with Crippen molar-refractivity contribution in [2.24, 2.45) is 0 Å². The van der Waals surface area contributed by atoms with Crippen LogP contribution in [0.2, 0.25) is 0 Å². The van der Waals surface area contributed by atoms with Crippen molar-refractivity contribution in [3.05, 3.63) is 41.3 Å². The highest BCUT2D eigenvalue weighted by atomic mass is 32.2. The van der Waals surface area contributed by atoms with E-state index in [4.69, 9.17) is 14.7 Å². The number of aromatic nitrogens is 2. The Morgan fingerprint density at radius 2 is 1.72 bits per heavy atom. The van der Waals surface area contributed by atoms with Crippen LogP contribution in [0.25, 0.3) is 21.6 Å². The van der Waals surface area contributed by atoms with Gasteiger partial charge in [0, 0.05) is 56.3 Å². The lowest BCUT2D eigenvalue weighted by Crippen LogP contribution is -2.47. The molecule has 2 aliphatic rings. The monoisotopic (exact) mass is 473 g/mol. The second kappa shape index (κ2) is 9.03. The number of anilines is 1. The molecule has 0 radical (unpaired) electrons. The second-order valence-corrected chi connectivity index (χ2v) is 11.3. The van der Waals surface area contributed by atoms with Crippen molar-refractivity contribution in [3.8, 4) is 11.4 Å². The fraction of sp³-hybridized carbons (Fsp3) is 0.455. The highest BCUT2D eigenvalue weighted by Crippen LogP contribution is 2.35. The minimum absolute atomic E-state index is 0.542. The third kappa shape index (κ3) is 4.65. The van der Waals surface area contributed by atoms with E-state index >= 15 is 0 Å². The molecule has 2 saturated heterocycles. The number of fused-ring (bicyclic) bond motifs is 1. The molecule has 5 rings (SSSR count). The number of ether oxygens (including phenoxy) is 1. The first-order chi connectivity index (χ1) is 15.5. The minimum atomic E-state index is -3.12. The van der Waals surface area contributed by atoms with Gasteiger partial charge in [-0.3, -0.25) is 4.90 Å². The maximum absolute atomic E-state index is 11.8. The van der Waals surface area contributed by atoms with E-state index in [-0.39, 0.29) is 0 Å². The number of thiophene rings is 1. The smallest absolute Gasteiger partial charge is 0.211 e. The number of rotatable bonds is 5. The average molecular weight is 474 g/mol. The van der Waals surface area contributed by atoms with Crippen LogP contribution >= 0.6 is 11.3 Å². The molecule has 0 N–H and O–H groups in total. The van der Waals surface area contributed by atoms with E-state index in [1.807, 2.05) is 30.3 Å². The normalized spacial score (nSPS) is 19.0. The maximum Gasteiger partial charge on any atom is 0.211 e. The lowest BCUT2D eigenvalue weighted by Gasteiger charge is -2.32. The summed E-state index contributed by atoms with van der Waals surface area (Å²) in [6.07, 6.45) is 1.28. The van der Waals surface area contributed by atoms with Gasteiger partial charge in [0.25, 0.3) is 0 Å². The maximum atomic E-state index is 11.8. The Hall–Kier alpha value is -2.11. The molecule has 8 nitrogen and oxygen atoms in total. The summed E-state index contributed by atoms with van der Waals surface area (Å²) in [7, 11) is -3.12. The number of benzene rings is 1. The summed E-state index contributed by atoms with van der Waals surface area (Å²) in [4.78, 5) is 15.7. The van der Waals surface area contributed by atoms with Crippen LogP contribution in [0.15, 0.2) is 36.4 Å². The van der Waals surface area contributed by atoms with Gasteiger partial charge in [0.15, 0.2) is 11.6 Å². The summed E-state index contributed by atoms with van der Waals surface area (Å²) in [6.45, 7) is 6.40. The lowest BCUT2D eigenvalue weighted by molar-refractivity contribution is 0.122. The van der Waals surface area contributed by atoms with Gasteiger partial charge in [-0.15, -0.1) is 11.3 Å². The highest BCUT2D eigenvalue weighted by molar-refractivity contribution is 7.88. The van der Waals surface area contributed by atoms with Crippen LogP contribution in [0.1, 0.15) is 4.88 Å². The Bertz CT molecular complexity index is 1190. The molecule has 0 saturated carbocycles. The Balaban J connectivity index is 1.44. The van der Waals surface area contributed by atoms with E-state index in [9.17, 15) is 8.42 Å². The molecular weight excluding hydrogens is 446 g/mol. The van der Waals surface area contributed by atoms with Gasteiger partial charge in [-0.05, 0) is 6.07 Å². The van der Waals surface area contributed by atoms with Crippen molar-refractivity contribution < 1.29 is 13.2 Å². The van der Waals surface area contributed by atoms with Gasteiger partial charge in [-0.25, -0.2) is 18.4 Å². The molecule has 2 aliphatic heterocycles. The van der Waals surface area contributed by atoms with Crippen LogP contribution in [-0.4, -0.2) is 86.3 Å². The molecule has 0 bridgehead atoms. The van der Waals surface area contributed by atoms with E-state index in [0.717, 1.165) is 60.1 Å². The molecule has 4 heterocycles. The van der Waals surface area contributed by atoms with Gasteiger partial charge in [0.1, 0.15) is 0 Å². The minimum Gasteiger partial charge on any atom is -0.378 e. The van der Waals surface area contributed by atoms with Crippen LogP contribution in [0.5, 0.6) is 0 Å². The Morgan fingerprint density at radius 3 is 2.41 bits per heavy atom. The second-order valence-electron chi connectivity index (χ2n) is 8.20. The topological polar surface area (TPSA) is 78.9 Å². The zero-order valence-electron chi connectivity index (χ0n) is 18.1. The van der Waals surface area contributed by atoms with Crippen molar-refractivity contribution in [2.75, 3.05) is 63.6 Å². The SMILES string of the molecule is CS(=O)(=O)N1CCN(Cc2cc3nc(-c4ccccc4)nc(N4CCOCC4)c3s2)CC1. The van der Waals surface area contributed by atoms with Gasteiger partial charge in [0.2, 0.25) is 10.0 Å². The van der Waals surface area contributed by atoms with Gasteiger partial charge in [-0.2, -0.15) is 4.31 Å². The molecule has 2 aromatic heterocycles. The zero-order chi connectivity index (χ0) is 22.1. The van der Waals surface area contributed by atoms with Gasteiger partial charge < -0.3 is 9.64 Å². The summed E-state index contributed by atoms with van der Waals surface area (Å²) in [6, 6.07) is 12.3. The van der Waals surface area contributed by atoms with Crippen molar-refractivity contribution in [1.29, 1.82) is 0 Å². The van der Waals surface area contributed by atoms with Crippen LogP contribution < -0.4 is 4.90 Å². The molecule has 10 heteroatoms. The fourth-order valence-corrected chi connectivity index (χ4v) is 6.17. The molecule has 1 aromatic carbocycles. The molecule has 170 valence electrons. The van der Waals surface area contributed by atoms with Crippen LogP contribution in [0.4, 0.5) is 5.82 Å². The Kier molecular flexibility index (Phi) is 6.13. The van der Waals surface area contributed by atoms with Crippen molar-refractivity contribution >= 4 is 37.4 Å². The predicted octanol–water partition coefficient (Wildman–Crippen LogP) is 2.27. The molecule has 0 amide bonds. The van der Waals surface area contributed by atoms with E-state index < -0.39 is 10.0 Å². The van der Waals surface area contributed by atoms with E-state index in [1.54, 1.807) is 15.6 Å². The van der Waals surface area contributed by atoms with Crippen molar-refractivity contribution in [1.82, 2.24) is 19.2 Å². The quantitative estimate of drug-likeness (QED) is 0.562. The van der Waals surface area contributed by atoms with E-state index in [1.165, 1.54) is 11.1 Å². The molecule has 3 aromatic rings. The summed E-state index contributed by atoms with van der Waals surface area (Å²) in [5, 5.41) is 0. The number of hydrogen-bond donors (Lipinski definition) is 0. The fourth-order valence-electron chi connectivity index (χ4n) is 4.19. The van der Waals surface area contributed by atoms with Gasteiger partial charge >= 0.3 is 0 Å². The number of piperazine rings is 1. The molecule has 0 spiro atoms. The van der Waals surface area contributed by atoms with Crippen LogP contribution in [0.3, 0.4) is 0 Å². The molecule has 0 unspecified atom stereocenters. The zero-order valence-corrected chi connectivity index (χ0v) is 19.7. The number of nitrogens with zero attached hydrogens (tertiary/aromatic N) is 5. The first-order valence-corrected chi connectivity index (χ1v) is 13.5. The van der Waals surface area contributed by atoms with Gasteiger partial charge in [0.05, 0.1) is 29.7 Å². The standard InChI is InChI=1S/C22H27N5O3S2/c1-32(28,29)27-9-7-25(8-10-27)16-18-15-19-20(31-18)22(26-11-13-30-14-12-26)24-21(23-19)17-5-3-2-4-6-17/h2-6,15H,7-14,16H2,1H3. The van der Waals surface area contributed by atoms with Gasteiger partial charge in [-0.1, -0.05) is 30.3 Å². The Morgan fingerprint density at radius 1 is 1.00 bits per heavy atom. The van der Waals surface area contributed by atoms with Crippen molar-refractivity contribution in [3.63, 3.8) is 0 Å². The first-order valence-electron chi connectivity index (χ1n) is 10.8. The number of morpholine rings is 1. The van der Waals surface area contributed by atoms with Crippen LogP contribution in [-0.2, 0) is 21.3 Å². The first kappa shape index (κ1) is 21.7. The summed E-state index contributed by atoms with van der Waals surface area (Å²) in [5.74, 6) is 1.72. The summed E-state index contributed by atoms with van der Waals surface area (Å²) >= 11 is 1.74. The highest BCUT2D eigenvalue weighted by Gasteiger charge is 2.25. The molecule has 0 aliphatic carbocycles. The third-order valence-corrected chi connectivity index (χ3v) is 8.34. The lowest BCUT2D eigenvalue weighted by atomic mass is 10.2. The molecule has 32 heavy (non-hydrogen) atoms. The average Bonchev–Trinajstić information content (AvgIpc) is 3.21. The van der Waals surface area contributed by atoms with E-state index in [0.29, 0.717) is 26.3 Å². The largest absolute Gasteiger partial charge is 0.378 e. The Labute approximate surface area is 192 Å². The molecular formula is C22H27N5O3S2. The van der Waals surface area contributed by atoms with Crippen molar-refractivity contribution in [2.45, 2.75) is 6.54 Å². The third-order valence-electron chi connectivity index (χ3n) is 5.93. The summed E-state index contributed by atoms with van der Waals surface area (Å²) < 4.78 is 31.8. The molecule has 2 fully saturated rings. The number of sulfonamides is 1. The number of hydrogen-bond acceptors (Lipinski definition) is 8. The summed E-state index contributed by atoms with van der Waals surface area (Å²) in [5.41, 5.74) is 1.98. The van der Waals surface area contributed by atoms with Crippen LogP contribution in [0, 0.1) is 0 Å². The molecule has 0 atom stereocenters.